The van der Waals surface area contributed by atoms with E-state index in [1.165, 1.54) is 4.90 Å². The van der Waals surface area contributed by atoms with Crippen molar-refractivity contribution in [1.29, 1.82) is 0 Å². The van der Waals surface area contributed by atoms with Gasteiger partial charge in [-0.25, -0.2) is 8.78 Å². The summed E-state index contributed by atoms with van der Waals surface area (Å²) < 4.78 is 31.7. The first kappa shape index (κ1) is 23.1. The summed E-state index contributed by atoms with van der Waals surface area (Å²) in [5, 5.41) is 3.64. The molecule has 0 unspecified atom stereocenters. The summed E-state index contributed by atoms with van der Waals surface area (Å²) in [4.78, 5) is 28.3. The van der Waals surface area contributed by atoms with Gasteiger partial charge in [0, 0.05) is 29.4 Å². The fourth-order valence-electron chi connectivity index (χ4n) is 5.30. The first-order valence-corrected chi connectivity index (χ1v) is 11.9. The molecule has 0 aliphatic carbocycles. The molecule has 3 aliphatic heterocycles. The number of hydrogen-bond acceptors (Lipinski definition) is 4. The van der Waals surface area contributed by atoms with E-state index in [0.717, 1.165) is 42.7 Å². The highest BCUT2D eigenvalue weighted by atomic mass is 35.5. The summed E-state index contributed by atoms with van der Waals surface area (Å²) in [6.07, 6.45) is -0.388. The first-order valence-electron chi connectivity index (χ1n) is 11.5. The zero-order chi connectivity index (χ0) is 23.9. The Morgan fingerprint density at radius 3 is 2.65 bits per heavy atom. The number of carbonyl (C=O) groups excluding carboxylic acids is 2. The molecule has 5 rings (SSSR count). The third kappa shape index (κ3) is 4.25. The molecule has 1 saturated heterocycles. The quantitative estimate of drug-likeness (QED) is 0.659. The van der Waals surface area contributed by atoms with Crippen molar-refractivity contribution in [2.24, 2.45) is 0 Å². The molecule has 2 aromatic rings. The predicted octanol–water partition coefficient (Wildman–Crippen LogP) is 4.25. The van der Waals surface area contributed by atoms with Gasteiger partial charge in [0.25, 0.3) is 6.43 Å². The van der Waals surface area contributed by atoms with E-state index in [1.807, 2.05) is 18.2 Å². The monoisotopic (exact) mass is 489 g/mol. The number of fused-ring (bicyclic) bond motifs is 3. The fraction of sp³-hybridized carbons (Fsp3) is 0.440. The Hall–Kier alpha value is -2.71. The van der Waals surface area contributed by atoms with Gasteiger partial charge in [0.05, 0.1) is 12.0 Å². The van der Waals surface area contributed by atoms with Gasteiger partial charge in [-0.1, -0.05) is 11.6 Å². The van der Waals surface area contributed by atoms with Gasteiger partial charge in [-0.2, -0.15) is 0 Å². The summed E-state index contributed by atoms with van der Waals surface area (Å²) >= 11 is 6.19. The van der Waals surface area contributed by atoms with Crippen LogP contribution < -0.4 is 15.0 Å². The number of carbonyl (C=O) groups is 2. The van der Waals surface area contributed by atoms with Gasteiger partial charge < -0.3 is 15.0 Å². The predicted molar refractivity (Wildman–Crippen MR) is 126 cm³/mol. The summed E-state index contributed by atoms with van der Waals surface area (Å²) in [5.41, 5.74) is 2.72. The number of aryl methyl sites for hydroxylation is 1. The van der Waals surface area contributed by atoms with E-state index in [-0.39, 0.29) is 18.2 Å². The summed E-state index contributed by atoms with van der Waals surface area (Å²) in [7, 11) is 0. The molecule has 1 spiro atoms. The molecule has 1 fully saturated rings. The maximum atomic E-state index is 12.9. The summed E-state index contributed by atoms with van der Waals surface area (Å²) in [5.74, 6) is 0.441. The maximum Gasteiger partial charge on any atom is 0.256 e. The number of benzene rings is 2. The van der Waals surface area contributed by atoms with Crippen LogP contribution in [0.2, 0.25) is 5.02 Å². The van der Waals surface area contributed by atoms with Crippen molar-refractivity contribution in [2.75, 3.05) is 43.0 Å². The number of rotatable bonds is 6. The van der Waals surface area contributed by atoms with Gasteiger partial charge in [-0.05, 0) is 79.9 Å². The molecule has 3 aliphatic rings. The minimum atomic E-state index is -2.57. The van der Waals surface area contributed by atoms with E-state index in [9.17, 15) is 18.4 Å². The number of hydrogen-bond donors (Lipinski definition) is 1. The number of amides is 2. The zero-order valence-corrected chi connectivity index (χ0v) is 19.4. The molecular formula is C25H26ClF2N3O3. The number of nitrogens with zero attached hydrogens (tertiary/aromatic N) is 2. The van der Waals surface area contributed by atoms with Gasteiger partial charge in [-0.15, -0.1) is 0 Å². The topological polar surface area (TPSA) is 61.9 Å². The van der Waals surface area contributed by atoms with Crippen LogP contribution in [0.4, 0.5) is 20.2 Å². The van der Waals surface area contributed by atoms with E-state index in [1.54, 1.807) is 18.2 Å². The van der Waals surface area contributed by atoms with Crippen molar-refractivity contribution in [3.63, 3.8) is 0 Å². The molecule has 2 aromatic carbocycles. The second kappa shape index (κ2) is 9.15. The van der Waals surface area contributed by atoms with E-state index in [2.05, 4.69) is 10.2 Å². The lowest BCUT2D eigenvalue weighted by Crippen LogP contribution is -2.47. The van der Waals surface area contributed by atoms with Crippen LogP contribution in [0.15, 0.2) is 36.4 Å². The van der Waals surface area contributed by atoms with Crippen LogP contribution in [0.3, 0.4) is 0 Å². The highest BCUT2D eigenvalue weighted by Crippen LogP contribution is 2.45. The van der Waals surface area contributed by atoms with Crippen LogP contribution in [0.25, 0.3) is 0 Å². The molecule has 0 bridgehead atoms. The summed E-state index contributed by atoms with van der Waals surface area (Å²) in [6.45, 7) is 2.15. The van der Waals surface area contributed by atoms with Crippen LogP contribution in [0, 0.1) is 0 Å². The molecule has 3 heterocycles. The highest BCUT2D eigenvalue weighted by molar-refractivity contribution is 6.31. The lowest BCUT2D eigenvalue weighted by atomic mass is 9.73. The number of halogens is 3. The minimum Gasteiger partial charge on any atom is -0.492 e. The van der Waals surface area contributed by atoms with Crippen molar-refractivity contribution < 1.29 is 23.1 Å². The number of alkyl halides is 2. The molecule has 2 amide bonds. The van der Waals surface area contributed by atoms with Gasteiger partial charge in [-0.3, -0.25) is 14.5 Å². The Bertz CT molecular complexity index is 1120. The third-order valence-corrected chi connectivity index (χ3v) is 7.37. The van der Waals surface area contributed by atoms with E-state index in [0.29, 0.717) is 36.0 Å². The molecule has 0 atom stereocenters. The van der Waals surface area contributed by atoms with Crippen molar-refractivity contribution in [2.45, 2.75) is 37.5 Å². The molecule has 0 radical (unpaired) electrons. The van der Waals surface area contributed by atoms with E-state index in [4.69, 9.17) is 16.3 Å². The van der Waals surface area contributed by atoms with Crippen molar-refractivity contribution >= 4 is 34.8 Å². The molecular weight excluding hydrogens is 464 g/mol. The van der Waals surface area contributed by atoms with Crippen LogP contribution in [-0.2, 0) is 21.4 Å². The standard InChI is InChI=1S/C25H26ClF2N3O3/c26-17-2-4-20-19(14-17)25(24(33)29-20)7-9-30(10-8-25)11-12-34-18-3-5-21-16(13-18)1-6-23(32)31(21)15-22(27)28/h2-5,13-14,22H,1,6-12,15H2,(H,29,33). The average molecular weight is 490 g/mol. The maximum absolute atomic E-state index is 12.9. The van der Waals surface area contributed by atoms with Crippen LogP contribution >= 0.6 is 11.6 Å². The van der Waals surface area contributed by atoms with Gasteiger partial charge in [0.1, 0.15) is 12.4 Å². The molecule has 6 nitrogen and oxygen atoms in total. The second-order valence-corrected chi connectivity index (χ2v) is 9.54. The second-order valence-electron chi connectivity index (χ2n) is 9.10. The van der Waals surface area contributed by atoms with Crippen molar-refractivity contribution in [3.8, 4) is 5.75 Å². The Morgan fingerprint density at radius 1 is 1.09 bits per heavy atom. The Balaban J connectivity index is 1.17. The Morgan fingerprint density at radius 2 is 1.88 bits per heavy atom. The largest absolute Gasteiger partial charge is 0.492 e. The lowest BCUT2D eigenvalue weighted by Gasteiger charge is -2.38. The number of ether oxygens (including phenoxy) is 1. The van der Waals surface area contributed by atoms with Crippen LogP contribution in [-0.4, -0.2) is 55.9 Å². The molecule has 34 heavy (non-hydrogen) atoms. The van der Waals surface area contributed by atoms with Crippen LogP contribution in [0.5, 0.6) is 5.75 Å². The minimum absolute atomic E-state index is 0.0501. The number of nitrogens with one attached hydrogen (secondary N) is 1. The number of likely N-dealkylation sites (tertiary alicyclic amines) is 1. The summed E-state index contributed by atoms with van der Waals surface area (Å²) in [6, 6.07) is 10.8. The van der Waals surface area contributed by atoms with Crippen molar-refractivity contribution in [1.82, 2.24) is 4.90 Å². The lowest BCUT2D eigenvalue weighted by molar-refractivity contribution is -0.122. The molecule has 0 saturated carbocycles. The number of anilines is 2. The Labute approximate surface area is 201 Å². The van der Waals surface area contributed by atoms with E-state index >= 15 is 0 Å². The third-order valence-electron chi connectivity index (χ3n) is 7.14. The smallest absolute Gasteiger partial charge is 0.256 e. The molecule has 180 valence electrons. The SMILES string of the molecule is O=C1CCc2cc(OCCN3CCC4(CC3)C(=O)Nc3ccc(Cl)cc34)ccc2N1CC(F)F. The van der Waals surface area contributed by atoms with Crippen molar-refractivity contribution in [3.05, 3.63) is 52.5 Å². The molecule has 9 heteroatoms. The highest BCUT2D eigenvalue weighted by Gasteiger charge is 2.48. The van der Waals surface area contributed by atoms with E-state index < -0.39 is 18.4 Å². The van der Waals surface area contributed by atoms with Crippen LogP contribution in [0.1, 0.15) is 30.4 Å². The molecule has 0 aromatic heterocycles. The average Bonchev–Trinajstić information content (AvgIpc) is 3.07. The zero-order valence-electron chi connectivity index (χ0n) is 18.7. The molecule has 1 N–H and O–H groups in total. The number of piperidine rings is 1. The Kier molecular flexibility index (Phi) is 6.20. The normalized spacial score (nSPS) is 19.4. The first-order chi connectivity index (χ1) is 16.4. The van der Waals surface area contributed by atoms with Gasteiger partial charge in [0.2, 0.25) is 11.8 Å². The van der Waals surface area contributed by atoms with Gasteiger partial charge in [0.15, 0.2) is 0 Å². The fourth-order valence-corrected chi connectivity index (χ4v) is 5.47. The van der Waals surface area contributed by atoms with Gasteiger partial charge >= 0.3 is 0 Å².